The first-order chi connectivity index (χ1) is 22.3. The van der Waals surface area contributed by atoms with Crippen LogP contribution in [0.4, 0.5) is 34.1 Å². The van der Waals surface area contributed by atoms with E-state index in [1.54, 1.807) is 0 Å². The first kappa shape index (κ1) is 26.3. The highest BCUT2D eigenvalue weighted by atomic mass is 15.2. The average Bonchev–Trinajstić information content (AvgIpc) is 3.12. The first-order valence-electron chi connectivity index (χ1n) is 16.2. The zero-order valence-electron chi connectivity index (χ0n) is 25.2. The van der Waals surface area contributed by atoms with Crippen molar-refractivity contribution in [3.63, 3.8) is 0 Å². The number of nitrogens with zero attached hydrogens (tertiary/aromatic N) is 4. The van der Waals surface area contributed by atoms with Gasteiger partial charge in [-0.1, -0.05) is 86.0 Å². The predicted molar refractivity (Wildman–Crippen MR) is 187 cm³/mol. The molecule has 1 saturated carbocycles. The van der Waals surface area contributed by atoms with Gasteiger partial charge in [0.2, 0.25) is 0 Å². The van der Waals surface area contributed by atoms with Gasteiger partial charge in [-0.25, -0.2) is 9.97 Å². The van der Waals surface area contributed by atoms with Crippen molar-refractivity contribution in [2.24, 2.45) is 0 Å². The molecular formula is C40H33BN4. The van der Waals surface area contributed by atoms with Crippen LogP contribution in [0, 0.1) is 0 Å². The van der Waals surface area contributed by atoms with Crippen molar-refractivity contribution in [1.82, 2.24) is 9.97 Å². The highest BCUT2D eigenvalue weighted by molar-refractivity contribution is 7.00. The van der Waals surface area contributed by atoms with Gasteiger partial charge in [0.05, 0.1) is 0 Å². The van der Waals surface area contributed by atoms with E-state index in [0.29, 0.717) is 5.92 Å². The number of anilines is 6. The van der Waals surface area contributed by atoms with Crippen LogP contribution in [0.3, 0.4) is 0 Å². The predicted octanol–water partition coefficient (Wildman–Crippen LogP) is 8.27. The molecule has 0 radical (unpaired) electrons. The van der Waals surface area contributed by atoms with Gasteiger partial charge in [-0.3, -0.25) is 0 Å². The number of hydrogen-bond acceptors (Lipinski definition) is 4. The maximum Gasteiger partial charge on any atom is 0.252 e. The number of aromatic nitrogens is 2. The molecule has 5 heteroatoms. The molecule has 0 spiro atoms. The van der Waals surface area contributed by atoms with Gasteiger partial charge in [0.25, 0.3) is 6.71 Å². The Labute approximate surface area is 265 Å². The van der Waals surface area contributed by atoms with Crippen LogP contribution in [0.5, 0.6) is 0 Å². The Morgan fingerprint density at radius 2 is 1.13 bits per heavy atom. The van der Waals surface area contributed by atoms with E-state index in [1.165, 1.54) is 82.5 Å². The van der Waals surface area contributed by atoms with Crippen molar-refractivity contribution in [3.05, 3.63) is 139 Å². The SMILES string of the molecule is c1ccc(N2c3ccccc3B3c4ccccc4N(c4cccc(-c5ncccn5)c4)c4cc(C5CCCCC5)cc2c43)cc1. The Morgan fingerprint density at radius 3 is 1.82 bits per heavy atom. The normalized spacial score (nSPS) is 15.3. The summed E-state index contributed by atoms with van der Waals surface area (Å²) >= 11 is 0. The minimum atomic E-state index is 0.139. The van der Waals surface area contributed by atoms with E-state index in [0.717, 1.165) is 17.1 Å². The smallest absolute Gasteiger partial charge is 0.252 e. The summed E-state index contributed by atoms with van der Waals surface area (Å²) in [6.07, 6.45) is 10.1. The Balaban J connectivity index is 1.34. The van der Waals surface area contributed by atoms with Crippen molar-refractivity contribution in [2.45, 2.75) is 38.0 Å². The van der Waals surface area contributed by atoms with Gasteiger partial charge in [-0.15, -0.1) is 0 Å². The lowest BCUT2D eigenvalue weighted by Gasteiger charge is -2.44. The van der Waals surface area contributed by atoms with Crippen LogP contribution >= 0.6 is 0 Å². The second-order valence-corrected chi connectivity index (χ2v) is 12.5. The molecule has 3 aliphatic rings. The molecule has 0 saturated heterocycles. The van der Waals surface area contributed by atoms with E-state index in [4.69, 9.17) is 0 Å². The number of hydrogen-bond donors (Lipinski definition) is 0. The zero-order chi connectivity index (χ0) is 29.7. The van der Waals surface area contributed by atoms with E-state index >= 15 is 0 Å². The van der Waals surface area contributed by atoms with E-state index < -0.39 is 0 Å². The van der Waals surface area contributed by atoms with Crippen LogP contribution in [-0.2, 0) is 0 Å². The molecule has 4 nitrogen and oxygen atoms in total. The molecule has 1 aliphatic carbocycles. The molecule has 1 aromatic heterocycles. The molecule has 0 bridgehead atoms. The van der Waals surface area contributed by atoms with Gasteiger partial charge >= 0.3 is 0 Å². The van der Waals surface area contributed by atoms with Crippen LogP contribution in [-0.4, -0.2) is 16.7 Å². The molecule has 1 fully saturated rings. The van der Waals surface area contributed by atoms with Crippen molar-refractivity contribution in [3.8, 4) is 11.4 Å². The molecule has 0 N–H and O–H groups in total. The first-order valence-corrected chi connectivity index (χ1v) is 16.2. The molecule has 0 unspecified atom stereocenters. The monoisotopic (exact) mass is 580 g/mol. The van der Waals surface area contributed by atoms with Crippen LogP contribution in [0.15, 0.2) is 134 Å². The van der Waals surface area contributed by atoms with Crippen molar-refractivity contribution in [2.75, 3.05) is 9.80 Å². The maximum absolute atomic E-state index is 4.58. The summed E-state index contributed by atoms with van der Waals surface area (Å²) in [7, 11) is 0. The van der Waals surface area contributed by atoms with Gasteiger partial charge in [0.1, 0.15) is 0 Å². The van der Waals surface area contributed by atoms with Crippen LogP contribution in [0.1, 0.15) is 43.6 Å². The minimum Gasteiger partial charge on any atom is -0.311 e. The summed E-state index contributed by atoms with van der Waals surface area (Å²) in [6, 6.07) is 44.6. The van der Waals surface area contributed by atoms with Crippen LogP contribution in [0.2, 0.25) is 0 Å². The lowest BCUT2D eigenvalue weighted by atomic mass is 9.33. The summed E-state index contributed by atoms with van der Waals surface area (Å²) in [6.45, 7) is 0.139. The fourth-order valence-electron chi connectivity index (χ4n) is 7.96. The fourth-order valence-corrected chi connectivity index (χ4v) is 7.96. The molecule has 3 heterocycles. The van der Waals surface area contributed by atoms with Gasteiger partial charge in [0.15, 0.2) is 5.82 Å². The van der Waals surface area contributed by atoms with E-state index in [1.807, 2.05) is 18.5 Å². The lowest BCUT2D eigenvalue weighted by Crippen LogP contribution is -2.61. The maximum atomic E-state index is 4.58. The van der Waals surface area contributed by atoms with Gasteiger partial charge in [-0.2, -0.15) is 0 Å². The summed E-state index contributed by atoms with van der Waals surface area (Å²) in [5.74, 6) is 1.31. The van der Waals surface area contributed by atoms with Crippen molar-refractivity contribution < 1.29 is 0 Å². The number of fused-ring (bicyclic) bond motifs is 4. The molecule has 5 aromatic carbocycles. The molecule has 45 heavy (non-hydrogen) atoms. The van der Waals surface area contributed by atoms with Crippen molar-refractivity contribution in [1.29, 1.82) is 0 Å². The van der Waals surface area contributed by atoms with Gasteiger partial charge < -0.3 is 9.80 Å². The largest absolute Gasteiger partial charge is 0.311 e. The average molecular weight is 581 g/mol. The standard InChI is InChI=1S/C40H33BN4/c1-3-13-28(14-4-1)30-26-37-39-38(27-30)45(32-18-11-15-29(25-32)40-42-23-12-24-43-40)36-22-10-8-20-34(36)41(39)33-19-7-9-21-35(33)44(37)31-16-5-2-6-17-31/h2,5-12,15-28H,1,3-4,13-14H2. The Kier molecular flexibility index (Phi) is 6.29. The third kappa shape index (κ3) is 4.29. The summed E-state index contributed by atoms with van der Waals surface area (Å²) in [4.78, 5) is 14.2. The second-order valence-electron chi connectivity index (χ2n) is 12.5. The van der Waals surface area contributed by atoms with Crippen molar-refractivity contribution >= 4 is 57.2 Å². The second kappa shape index (κ2) is 10.8. The highest BCUT2D eigenvalue weighted by Crippen LogP contribution is 2.46. The summed E-state index contributed by atoms with van der Waals surface area (Å²) in [5.41, 5.74) is 13.9. The summed E-state index contributed by atoms with van der Waals surface area (Å²) < 4.78 is 0. The summed E-state index contributed by atoms with van der Waals surface area (Å²) in [5, 5.41) is 0. The van der Waals surface area contributed by atoms with E-state index in [9.17, 15) is 0 Å². The third-order valence-electron chi connectivity index (χ3n) is 9.93. The van der Waals surface area contributed by atoms with E-state index in [-0.39, 0.29) is 6.71 Å². The Bertz CT molecular complexity index is 2020. The Hall–Kier alpha value is -5.16. The fraction of sp³-hybridized carbons (Fsp3) is 0.150. The van der Waals surface area contributed by atoms with Gasteiger partial charge in [-0.05, 0) is 95.3 Å². The molecule has 0 amide bonds. The van der Waals surface area contributed by atoms with Crippen LogP contribution < -0.4 is 26.2 Å². The number of rotatable bonds is 4. The van der Waals surface area contributed by atoms with Gasteiger partial charge in [0, 0.05) is 52.1 Å². The molecule has 0 atom stereocenters. The van der Waals surface area contributed by atoms with E-state index in [2.05, 4.69) is 135 Å². The third-order valence-corrected chi connectivity index (χ3v) is 9.93. The highest BCUT2D eigenvalue weighted by Gasteiger charge is 2.43. The number of para-hydroxylation sites is 3. The quantitative estimate of drug-likeness (QED) is 0.196. The molecule has 9 rings (SSSR count). The number of benzene rings is 5. The van der Waals surface area contributed by atoms with Crippen LogP contribution in [0.25, 0.3) is 11.4 Å². The topological polar surface area (TPSA) is 32.3 Å². The lowest BCUT2D eigenvalue weighted by molar-refractivity contribution is 0.444. The zero-order valence-corrected chi connectivity index (χ0v) is 25.2. The molecule has 216 valence electrons. The molecule has 6 aromatic rings. The minimum absolute atomic E-state index is 0.139. The molecule has 2 aliphatic heterocycles. The Morgan fingerprint density at radius 1 is 0.533 bits per heavy atom. The molecular weight excluding hydrogens is 547 g/mol.